The molecule has 1 N–H and O–H groups in total. The van der Waals surface area contributed by atoms with Gasteiger partial charge in [0.05, 0.1) is 11.0 Å². The van der Waals surface area contributed by atoms with Crippen LogP contribution in [0.1, 0.15) is 39.5 Å². The SMILES string of the molecule is CCCC(C)NC(=O)CCCn1c(=O)c2cccn2c2ccccc21. The highest BCUT2D eigenvalue weighted by Gasteiger charge is 2.11. The summed E-state index contributed by atoms with van der Waals surface area (Å²) in [5, 5.41) is 3.01. The van der Waals surface area contributed by atoms with Crippen LogP contribution in [0.5, 0.6) is 0 Å². The van der Waals surface area contributed by atoms with Crippen LogP contribution in [0.2, 0.25) is 0 Å². The number of para-hydroxylation sites is 2. The minimum Gasteiger partial charge on any atom is -0.354 e. The van der Waals surface area contributed by atoms with E-state index in [1.165, 1.54) is 0 Å². The van der Waals surface area contributed by atoms with Crippen molar-refractivity contribution in [2.24, 2.45) is 0 Å². The second kappa shape index (κ2) is 7.55. The van der Waals surface area contributed by atoms with E-state index in [-0.39, 0.29) is 17.5 Å². The Morgan fingerprint density at radius 2 is 1.84 bits per heavy atom. The van der Waals surface area contributed by atoms with Gasteiger partial charge in [-0.05, 0) is 44.0 Å². The predicted molar refractivity (Wildman–Crippen MR) is 101 cm³/mol. The first-order valence-electron chi connectivity index (χ1n) is 8.99. The highest BCUT2D eigenvalue weighted by molar-refractivity contribution is 5.79. The molecular formula is C20H25N3O2. The van der Waals surface area contributed by atoms with E-state index in [1.807, 2.05) is 53.9 Å². The summed E-state index contributed by atoms with van der Waals surface area (Å²) in [6.45, 7) is 4.68. The normalized spacial score (nSPS) is 12.6. The summed E-state index contributed by atoms with van der Waals surface area (Å²) in [5.41, 5.74) is 2.56. The third-order valence-electron chi connectivity index (χ3n) is 4.56. The molecule has 0 radical (unpaired) electrons. The smallest absolute Gasteiger partial charge is 0.275 e. The van der Waals surface area contributed by atoms with Gasteiger partial charge in [-0.1, -0.05) is 25.5 Å². The molecule has 1 unspecified atom stereocenters. The molecule has 1 aromatic carbocycles. The molecule has 0 fully saturated rings. The number of fused-ring (bicyclic) bond motifs is 3. The van der Waals surface area contributed by atoms with Gasteiger partial charge < -0.3 is 14.3 Å². The summed E-state index contributed by atoms with van der Waals surface area (Å²) in [6, 6.07) is 11.8. The van der Waals surface area contributed by atoms with Crippen molar-refractivity contribution in [3.8, 4) is 0 Å². The maximum absolute atomic E-state index is 12.8. The molecular weight excluding hydrogens is 314 g/mol. The fourth-order valence-corrected chi connectivity index (χ4v) is 3.38. The molecule has 0 saturated carbocycles. The van der Waals surface area contributed by atoms with Crippen molar-refractivity contribution in [2.75, 3.05) is 0 Å². The molecule has 132 valence electrons. The van der Waals surface area contributed by atoms with Crippen molar-refractivity contribution in [3.05, 3.63) is 52.9 Å². The fourth-order valence-electron chi connectivity index (χ4n) is 3.38. The first kappa shape index (κ1) is 17.3. The molecule has 5 heteroatoms. The van der Waals surface area contributed by atoms with E-state index >= 15 is 0 Å². The lowest BCUT2D eigenvalue weighted by Gasteiger charge is -2.14. The Bertz CT molecular complexity index is 939. The molecule has 5 nitrogen and oxygen atoms in total. The number of rotatable bonds is 7. The van der Waals surface area contributed by atoms with Gasteiger partial charge >= 0.3 is 0 Å². The lowest BCUT2D eigenvalue weighted by molar-refractivity contribution is -0.121. The van der Waals surface area contributed by atoms with Crippen LogP contribution in [0.3, 0.4) is 0 Å². The molecule has 0 bridgehead atoms. The van der Waals surface area contributed by atoms with Crippen molar-refractivity contribution in [1.29, 1.82) is 0 Å². The van der Waals surface area contributed by atoms with E-state index in [4.69, 9.17) is 0 Å². The molecule has 3 rings (SSSR count). The number of aromatic nitrogens is 2. The molecule has 2 aromatic heterocycles. The van der Waals surface area contributed by atoms with E-state index < -0.39 is 0 Å². The molecule has 0 aliphatic heterocycles. The predicted octanol–water partition coefficient (Wildman–Crippen LogP) is 3.34. The molecule has 0 aliphatic carbocycles. The Hall–Kier alpha value is -2.56. The highest BCUT2D eigenvalue weighted by atomic mass is 16.1. The molecule has 1 atom stereocenters. The number of amides is 1. The highest BCUT2D eigenvalue weighted by Crippen LogP contribution is 2.15. The maximum Gasteiger partial charge on any atom is 0.275 e. The monoisotopic (exact) mass is 339 g/mol. The Kier molecular flexibility index (Phi) is 5.22. The average Bonchev–Trinajstić information content (AvgIpc) is 3.08. The van der Waals surface area contributed by atoms with Gasteiger partial charge in [0.1, 0.15) is 5.52 Å². The minimum atomic E-state index is -0.0107. The third kappa shape index (κ3) is 3.60. The van der Waals surface area contributed by atoms with Gasteiger partial charge in [0.15, 0.2) is 0 Å². The molecule has 25 heavy (non-hydrogen) atoms. The first-order chi connectivity index (χ1) is 12.1. The summed E-state index contributed by atoms with van der Waals surface area (Å²) in [4.78, 5) is 24.8. The van der Waals surface area contributed by atoms with Crippen molar-refractivity contribution in [1.82, 2.24) is 14.3 Å². The molecule has 3 aromatic rings. The van der Waals surface area contributed by atoms with Gasteiger partial charge in [0.2, 0.25) is 5.91 Å². The third-order valence-corrected chi connectivity index (χ3v) is 4.56. The molecule has 0 aliphatic rings. The summed E-state index contributed by atoms with van der Waals surface area (Å²) >= 11 is 0. The van der Waals surface area contributed by atoms with Gasteiger partial charge in [-0.25, -0.2) is 0 Å². The van der Waals surface area contributed by atoms with Crippen LogP contribution in [0.4, 0.5) is 0 Å². The fraction of sp³-hybridized carbons (Fsp3) is 0.400. The molecule has 1 amide bonds. The number of hydrogen-bond acceptors (Lipinski definition) is 2. The van der Waals surface area contributed by atoms with E-state index in [0.717, 1.165) is 23.9 Å². The standard InChI is InChI=1S/C20H25N3O2/c1-3-8-15(2)21-19(24)12-7-14-23-17-10-5-4-9-16(17)22-13-6-11-18(22)20(23)25/h4-6,9-11,13,15H,3,7-8,12,14H2,1-2H3,(H,21,24). The molecule has 0 saturated heterocycles. The quantitative estimate of drug-likeness (QED) is 0.718. The Morgan fingerprint density at radius 3 is 2.60 bits per heavy atom. The second-order valence-corrected chi connectivity index (χ2v) is 6.57. The molecule has 0 spiro atoms. The van der Waals surface area contributed by atoms with Crippen LogP contribution >= 0.6 is 0 Å². The van der Waals surface area contributed by atoms with Gasteiger partial charge in [-0.3, -0.25) is 9.59 Å². The number of nitrogens with one attached hydrogen (secondary N) is 1. The number of carbonyl (C=O) groups excluding carboxylic acids is 1. The van der Waals surface area contributed by atoms with Crippen LogP contribution in [0.15, 0.2) is 47.4 Å². The first-order valence-corrected chi connectivity index (χ1v) is 8.99. The number of aryl methyl sites for hydroxylation is 1. The molecule has 2 heterocycles. The van der Waals surface area contributed by atoms with Gasteiger partial charge in [0, 0.05) is 25.2 Å². The number of nitrogens with zero attached hydrogens (tertiary/aromatic N) is 2. The maximum atomic E-state index is 12.8. The summed E-state index contributed by atoms with van der Waals surface area (Å²) in [7, 11) is 0. The number of benzene rings is 1. The zero-order valence-electron chi connectivity index (χ0n) is 14.9. The lowest BCUT2D eigenvalue weighted by atomic mass is 10.2. The lowest BCUT2D eigenvalue weighted by Crippen LogP contribution is -2.32. The van der Waals surface area contributed by atoms with E-state index in [0.29, 0.717) is 24.9 Å². The Balaban J connectivity index is 1.78. The minimum absolute atomic E-state index is 0.0107. The summed E-state index contributed by atoms with van der Waals surface area (Å²) in [5.74, 6) is 0.0575. The van der Waals surface area contributed by atoms with Crippen LogP contribution in [-0.4, -0.2) is 20.9 Å². The van der Waals surface area contributed by atoms with Crippen LogP contribution in [-0.2, 0) is 11.3 Å². The zero-order chi connectivity index (χ0) is 17.8. The van der Waals surface area contributed by atoms with Crippen LogP contribution < -0.4 is 10.9 Å². The number of hydrogen-bond donors (Lipinski definition) is 1. The van der Waals surface area contributed by atoms with E-state index in [1.54, 1.807) is 4.57 Å². The van der Waals surface area contributed by atoms with Crippen LogP contribution in [0.25, 0.3) is 16.6 Å². The van der Waals surface area contributed by atoms with Crippen molar-refractivity contribution < 1.29 is 4.79 Å². The largest absolute Gasteiger partial charge is 0.354 e. The van der Waals surface area contributed by atoms with Crippen LogP contribution in [0, 0.1) is 0 Å². The van der Waals surface area contributed by atoms with E-state index in [9.17, 15) is 9.59 Å². The Labute approximate surface area is 147 Å². The number of carbonyl (C=O) groups is 1. The van der Waals surface area contributed by atoms with E-state index in [2.05, 4.69) is 12.2 Å². The van der Waals surface area contributed by atoms with Crippen molar-refractivity contribution >= 4 is 22.5 Å². The topological polar surface area (TPSA) is 55.5 Å². The van der Waals surface area contributed by atoms with Gasteiger partial charge in [0.25, 0.3) is 5.56 Å². The van der Waals surface area contributed by atoms with Crippen molar-refractivity contribution in [3.63, 3.8) is 0 Å². The Morgan fingerprint density at radius 1 is 1.12 bits per heavy atom. The van der Waals surface area contributed by atoms with Gasteiger partial charge in [-0.2, -0.15) is 0 Å². The average molecular weight is 339 g/mol. The van der Waals surface area contributed by atoms with Crippen molar-refractivity contribution in [2.45, 2.75) is 52.1 Å². The second-order valence-electron chi connectivity index (χ2n) is 6.57. The zero-order valence-corrected chi connectivity index (χ0v) is 14.9. The summed E-state index contributed by atoms with van der Waals surface area (Å²) in [6.07, 6.45) is 5.03. The summed E-state index contributed by atoms with van der Waals surface area (Å²) < 4.78 is 3.71. The van der Waals surface area contributed by atoms with Gasteiger partial charge in [-0.15, -0.1) is 0 Å².